The van der Waals surface area contributed by atoms with E-state index in [9.17, 15) is 4.79 Å². The van der Waals surface area contributed by atoms with Crippen molar-refractivity contribution in [3.05, 3.63) is 41.5 Å². The lowest BCUT2D eigenvalue weighted by molar-refractivity contribution is -0.131. The summed E-state index contributed by atoms with van der Waals surface area (Å²) in [5, 5.41) is 4.01. The maximum atomic E-state index is 12.5. The third-order valence-electron chi connectivity index (χ3n) is 4.56. The molecule has 1 aromatic heterocycles. The second-order valence-corrected chi connectivity index (χ2v) is 6.56. The second kappa shape index (κ2) is 7.03. The fourth-order valence-corrected chi connectivity index (χ4v) is 3.07. The zero-order valence-corrected chi connectivity index (χ0v) is 14.5. The smallest absolute Gasteiger partial charge is 0.226 e. The summed E-state index contributed by atoms with van der Waals surface area (Å²) < 4.78 is 5.05. The van der Waals surface area contributed by atoms with Crippen molar-refractivity contribution >= 4 is 11.6 Å². The molecule has 0 spiro atoms. The Bertz CT molecular complexity index is 685. The topological polar surface area (TPSA) is 62.5 Å². The number of carbonyl (C=O) groups is 1. The van der Waals surface area contributed by atoms with Gasteiger partial charge >= 0.3 is 0 Å². The second-order valence-electron chi connectivity index (χ2n) is 6.56. The van der Waals surface area contributed by atoms with Crippen molar-refractivity contribution in [3.63, 3.8) is 0 Å². The van der Waals surface area contributed by atoms with Crippen LogP contribution in [0.4, 0.5) is 5.69 Å². The number of nitrogens with zero attached hydrogens (tertiary/aromatic N) is 4. The van der Waals surface area contributed by atoms with E-state index in [-0.39, 0.29) is 5.91 Å². The molecule has 1 amide bonds. The van der Waals surface area contributed by atoms with Crippen LogP contribution in [-0.4, -0.2) is 48.1 Å². The van der Waals surface area contributed by atoms with Crippen molar-refractivity contribution in [2.24, 2.45) is 0 Å². The fourth-order valence-electron chi connectivity index (χ4n) is 3.07. The minimum Gasteiger partial charge on any atom is -0.378 e. The molecule has 1 aliphatic heterocycles. The predicted molar refractivity (Wildman–Crippen MR) is 92.1 cm³/mol. The quantitative estimate of drug-likeness (QED) is 0.862. The number of amides is 1. The van der Waals surface area contributed by atoms with Crippen LogP contribution < -0.4 is 4.90 Å². The molecular formula is C18H24N4O2. The van der Waals surface area contributed by atoms with Crippen LogP contribution in [0.1, 0.15) is 36.0 Å². The first kappa shape index (κ1) is 16.5. The van der Waals surface area contributed by atoms with Crippen molar-refractivity contribution in [1.82, 2.24) is 15.0 Å². The first-order valence-electron chi connectivity index (χ1n) is 8.37. The van der Waals surface area contributed by atoms with Crippen LogP contribution in [0, 0.1) is 6.92 Å². The van der Waals surface area contributed by atoms with E-state index >= 15 is 0 Å². The molecule has 0 unspecified atom stereocenters. The normalized spacial score (nSPS) is 15.5. The number of hydrogen-bond acceptors (Lipinski definition) is 5. The number of rotatable bonds is 4. The average molecular weight is 328 g/mol. The van der Waals surface area contributed by atoms with Gasteiger partial charge in [0.05, 0.1) is 6.42 Å². The van der Waals surface area contributed by atoms with Gasteiger partial charge in [-0.3, -0.25) is 4.79 Å². The van der Waals surface area contributed by atoms with E-state index in [2.05, 4.69) is 15.0 Å². The lowest BCUT2D eigenvalue weighted by atomic mass is 9.95. The number of aromatic nitrogens is 2. The van der Waals surface area contributed by atoms with Gasteiger partial charge in [-0.25, -0.2) is 0 Å². The van der Waals surface area contributed by atoms with E-state index in [0.29, 0.717) is 18.2 Å². The third-order valence-corrected chi connectivity index (χ3v) is 4.56. The van der Waals surface area contributed by atoms with Crippen molar-refractivity contribution in [2.75, 3.05) is 32.1 Å². The van der Waals surface area contributed by atoms with Crippen molar-refractivity contribution in [1.29, 1.82) is 0 Å². The number of benzene rings is 1. The Hall–Kier alpha value is -2.37. The van der Waals surface area contributed by atoms with E-state index in [1.54, 1.807) is 6.92 Å². The monoisotopic (exact) mass is 328 g/mol. The fraction of sp³-hybridized carbons (Fsp3) is 0.500. The predicted octanol–water partition coefficient (Wildman–Crippen LogP) is 2.39. The third kappa shape index (κ3) is 3.75. The molecule has 6 heteroatoms. The molecule has 2 aromatic rings. The first-order valence-corrected chi connectivity index (χ1v) is 8.37. The van der Waals surface area contributed by atoms with E-state index in [4.69, 9.17) is 4.52 Å². The van der Waals surface area contributed by atoms with E-state index in [0.717, 1.165) is 43.0 Å². The van der Waals surface area contributed by atoms with Crippen molar-refractivity contribution in [2.45, 2.75) is 32.1 Å². The largest absolute Gasteiger partial charge is 0.378 e. The molecule has 0 atom stereocenters. The maximum Gasteiger partial charge on any atom is 0.226 e. The molecule has 2 heterocycles. The lowest BCUT2D eigenvalue weighted by Crippen LogP contribution is -2.39. The van der Waals surface area contributed by atoms with Gasteiger partial charge in [-0.1, -0.05) is 17.3 Å². The Morgan fingerprint density at radius 1 is 1.25 bits per heavy atom. The highest BCUT2D eigenvalue weighted by Gasteiger charge is 2.26. The SMILES string of the molecule is Cc1nc(C2CCN(C(=O)Cc3ccc(N(C)C)cc3)CC2)no1. The molecule has 1 saturated heterocycles. The van der Waals surface area contributed by atoms with Crippen molar-refractivity contribution in [3.8, 4) is 0 Å². The summed E-state index contributed by atoms with van der Waals surface area (Å²) in [6.07, 6.45) is 2.24. The number of piperidine rings is 1. The molecule has 1 fully saturated rings. The summed E-state index contributed by atoms with van der Waals surface area (Å²) in [5.74, 6) is 1.87. The van der Waals surface area contributed by atoms with Crippen LogP contribution in [0.3, 0.4) is 0 Å². The van der Waals surface area contributed by atoms with E-state index < -0.39 is 0 Å². The molecule has 0 N–H and O–H groups in total. The molecule has 3 rings (SSSR count). The van der Waals surface area contributed by atoms with Gasteiger partial charge in [-0.05, 0) is 30.5 Å². The average Bonchev–Trinajstić information content (AvgIpc) is 3.02. The highest BCUT2D eigenvalue weighted by Crippen LogP contribution is 2.26. The highest BCUT2D eigenvalue weighted by molar-refractivity contribution is 5.79. The number of hydrogen-bond donors (Lipinski definition) is 0. The zero-order valence-electron chi connectivity index (χ0n) is 14.5. The molecule has 0 radical (unpaired) electrons. The Morgan fingerprint density at radius 3 is 2.46 bits per heavy atom. The summed E-state index contributed by atoms with van der Waals surface area (Å²) in [6.45, 7) is 3.32. The Kier molecular flexibility index (Phi) is 4.83. The van der Waals surface area contributed by atoms with Gasteiger partial charge < -0.3 is 14.3 Å². The van der Waals surface area contributed by atoms with Gasteiger partial charge in [0, 0.05) is 45.7 Å². The molecular weight excluding hydrogens is 304 g/mol. The van der Waals surface area contributed by atoms with E-state index in [1.807, 2.05) is 43.3 Å². The van der Waals surface area contributed by atoms with Crippen LogP contribution in [0.25, 0.3) is 0 Å². The molecule has 6 nitrogen and oxygen atoms in total. The molecule has 24 heavy (non-hydrogen) atoms. The highest BCUT2D eigenvalue weighted by atomic mass is 16.5. The van der Waals surface area contributed by atoms with Gasteiger partial charge in [0.25, 0.3) is 0 Å². The van der Waals surface area contributed by atoms with Gasteiger partial charge in [-0.15, -0.1) is 0 Å². The molecule has 0 aliphatic carbocycles. The van der Waals surface area contributed by atoms with E-state index in [1.165, 1.54) is 0 Å². The summed E-state index contributed by atoms with van der Waals surface area (Å²) in [4.78, 5) is 20.8. The van der Waals surface area contributed by atoms with Gasteiger partial charge in [-0.2, -0.15) is 4.98 Å². The van der Waals surface area contributed by atoms with Crippen LogP contribution in [0.2, 0.25) is 0 Å². The van der Waals surface area contributed by atoms with Gasteiger partial charge in [0.1, 0.15) is 0 Å². The summed E-state index contributed by atoms with van der Waals surface area (Å²) in [6, 6.07) is 8.16. The summed E-state index contributed by atoms with van der Waals surface area (Å²) >= 11 is 0. The Balaban J connectivity index is 1.53. The summed E-state index contributed by atoms with van der Waals surface area (Å²) in [7, 11) is 4.02. The summed E-state index contributed by atoms with van der Waals surface area (Å²) in [5.41, 5.74) is 2.20. The first-order chi connectivity index (χ1) is 11.5. The van der Waals surface area contributed by atoms with Crippen LogP contribution in [-0.2, 0) is 11.2 Å². The standard InChI is InChI=1S/C18H24N4O2/c1-13-19-18(20-24-13)15-8-10-22(11-9-15)17(23)12-14-4-6-16(7-5-14)21(2)3/h4-7,15H,8-12H2,1-3H3. The molecule has 0 bridgehead atoms. The molecule has 128 valence electrons. The zero-order chi connectivity index (χ0) is 17.1. The molecule has 1 aromatic carbocycles. The molecule has 0 saturated carbocycles. The Morgan fingerprint density at radius 2 is 1.92 bits per heavy atom. The van der Waals surface area contributed by atoms with Crippen molar-refractivity contribution < 1.29 is 9.32 Å². The number of carbonyl (C=O) groups excluding carboxylic acids is 1. The minimum atomic E-state index is 0.190. The number of anilines is 1. The van der Waals surface area contributed by atoms with Crippen LogP contribution in [0.15, 0.2) is 28.8 Å². The van der Waals surface area contributed by atoms with Crippen LogP contribution in [0.5, 0.6) is 0 Å². The maximum absolute atomic E-state index is 12.5. The Labute approximate surface area is 142 Å². The van der Waals surface area contributed by atoms with Gasteiger partial charge in [0.15, 0.2) is 5.82 Å². The number of likely N-dealkylation sites (tertiary alicyclic amines) is 1. The van der Waals surface area contributed by atoms with Gasteiger partial charge in [0.2, 0.25) is 11.8 Å². The lowest BCUT2D eigenvalue weighted by Gasteiger charge is -2.30. The molecule has 1 aliphatic rings. The van der Waals surface area contributed by atoms with Crippen LogP contribution >= 0.6 is 0 Å². The number of aryl methyl sites for hydroxylation is 1. The minimum absolute atomic E-state index is 0.190.